The molecule has 18 heavy (non-hydrogen) atoms. The van der Waals surface area contributed by atoms with Gasteiger partial charge in [-0.1, -0.05) is 24.1 Å². The Balaban J connectivity index is 2.43. The van der Waals surface area contributed by atoms with E-state index in [0.29, 0.717) is 10.8 Å². The molecule has 0 saturated heterocycles. The number of rotatable bonds is 2. The largest absolute Gasteiger partial charge is 0.495 e. The molecule has 0 aromatic heterocycles. The van der Waals surface area contributed by atoms with Gasteiger partial charge in [-0.2, -0.15) is 0 Å². The highest BCUT2D eigenvalue weighted by Crippen LogP contribution is 2.38. The summed E-state index contributed by atoms with van der Waals surface area (Å²) >= 11 is 6.01. The average Bonchev–Trinajstić information content (AvgIpc) is 2.36. The Morgan fingerprint density at radius 2 is 2.22 bits per heavy atom. The van der Waals surface area contributed by atoms with Crippen LogP contribution in [0.25, 0.3) is 0 Å². The Hall–Kier alpha value is -1.06. The maximum Gasteiger partial charge on any atom is 0.159 e. The molecule has 2 rings (SSSR count). The molecule has 1 saturated carbocycles. The summed E-state index contributed by atoms with van der Waals surface area (Å²) in [6.07, 6.45) is 2.57. The SMILES string of the molecule is COc1cc(C2(C)CCCC(N)C2=O)ccc1Cl. The number of benzene rings is 1. The number of methoxy groups -OCH3 is 1. The first kappa shape index (κ1) is 13.4. The van der Waals surface area contributed by atoms with Crippen molar-refractivity contribution in [2.45, 2.75) is 37.6 Å². The van der Waals surface area contributed by atoms with E-state index in [1.54, 1.807) is 13.2 Å². The lowest BCUT2D eigenvalue weighted by molar-refractivity contribution is -0.127. The average molecular weight is 268 g/mol. The molecule has 1 aliphatic carbocycles. The van der Waals surface area contributed by atoms with Gasteiger partial charge in [0.25, 0.3) is 0 Å². The summed E-state index contributed by atoms with van der Waals surface area (Å²) in [6, 6.07) is 5.15. The second-order valence-electron chi connectivity index (χ2n) is 5.04. The molecule has 2 unspecified atom stereocenters. The van der Waals surface area contributed by atoms with Gasteiger partial charge in [-0.15, -0.1) is 0 Å². The first-order valence-corrected chi connectivity index (χ1v) is 6.51. The van der Waals surface area contributed by atoms with E-state index in [1.807, 2.05) is 19.1 Å². The molecular weight excluding hydrogens is 250 g/mol. The Kier molecular flexibility index (Phi) is 3.64. The van der Waals surface area contributed by atoms with Crippen molar-refractivity contribution in [3.05, 3.63) is 28.8 Å². The summed E-state index contributed by atoms with van der Waals surface area (Å²) in [5.74, 6) is 0.709. The van der Waals surface area contributed by atoms with Gasteiger partial charge in [0.15, 0.2) is 5.78 Å². The van der Waals surface area contributed by atoms with Crippen molar-refractivity contribution < 1.29 is 9.53 Å². The predicted molar refractivity (Wildman–Crippen MR) is 72.2 cm³/mol. The summed E-state index contributed by atoms with van der Waals surface area (Å²) in [5, 5.41) is 0.553. The van der Waals surface area contributed by atoms with E-state index in [0.717, 1.165) is 24.8 Å². The molecule has 0 heterocycles. The topological polar surface area (TPSA) is 52.3 Å². The van der Waals surface area contributed by atoms with Crippen LogP contribution in [0.3, 0.4) is 0 Å². The highest BCUT2D eigenvalue weighted by Gasteiger charge is 2.41. The Morgan fingerprint density at radius 1 is 1.50 bits per heavy atom. The monoisotopic (exact) mass is 267 g/mol. The second kappa shape index (κ2) is 4.90. The van der Waals surface area contributed by atoms with Crippen molar-refractivity contribution in [3.8, 4) is 5.75 Å². The normalized spacial score (nSPS) is 28.2. The molecule has 0 amide bonds. The van der Waals surface area contributed by atoms with Crippen LogP contribution in [-0.4, -0.2) is 18.9 Å². The lowest BCUT2D eigenvalue weighted by Crippen LogP contribution is -2.48. The van der Waals surface area contributed by atoms with Gasteiger partial charge in [0, 0.05) is 0 Å². The van der Waals surface area contributed by atoms with Crippen LogP contribution < -0.4 is 10.5 Å². The number of nitrogens with two attached hydrogens (primary N) is 1. The van der Waals surface area contributed by atoms with E-state index >= 15 is 0 Å². The van der Waals surface area contributed by atoms with Gasteiger partial charge in [-0.05, 0) is 37.5 Å². The quantitative estimate of drug-likeness (QED) is 0.896. The van der Waals surface area contributed by atoms with Crippen LogP contribution in [0, 0.1) is 0 Å². The summed E-state index contributed by atoms with van der Waals surface area (Å²) in [5.41, 5.74) is 6.30. The molecular formula is C14H18ClNO2. The second-order valence-corrected chi connectivity index (χ2v) is 5.45. The number of ketones is 1. The van der Waals surface area contributed by atoms with E-state index in [9.17, 15) is 4.79 Å². The minimum atomic E-state index is -0.518. The van der Waals surface area contributed by atoms with Crippen LogP contribution in [0.4, 0.5) is 0 Å². The van der Waals surface area contributed by atoms with Gasteiger partial charge in [0.05, 0.1) is 23.6 Å². The molecule has 2 N–H and O–H groups in total. The third-order valence-corrected chi connectivity index (χ3v) is 4.17. The minimum Gasteiger partial charge on any atom is -0.495 e. The number of halogens is 1. The van der Waals surface area contributed by atoms with E-state index in [1.165, 1.54) is 0 Å². The van der Waals surface area contributed by atoms with Gasteiger partial charge in [-0.3, -0.25) is 4.79 Å². The van der Waals surface area contributed by atoms with Crippen LogP contribution in [0.15, 0.2) is 18.2 Å². The summed E-state index contributed by atoms with van der Waals surface area (Å²) in [6.45, 7) is 1.96. The fraction of sp³-hybridized carbons (Fsp3) is 0.500. The Morgan fingerprint density at radius 3 is 2.89 bits per heavy atom. The van der Waals surface area contributed by atoms with Gasteiger partial charge >= 0.3 is 0 Å². The molecule has 1 aliphatic rings. The molecule has 1 fully saturated rings. The molecule has 0 spiro atoms. The maximum atomic E-state index is 12.3. The molecule has 0 radical (unpaired) electrons. The zero-order valence-electron chi connectivity index (χ0n) is 10.7. The van der Waals surface area contributed by atoms with Gasteiger partial charge in [-0.25, -0.2) is 0 Å². The third kappa shape index (κ3) is 2.13. The van der Waals surface area contributed by atoms with E-state index in [4.69, 9.17) is 22.1 Å². The van der Waals surface area contributed by atoms with Crippen molar-refractivity contribution in [3.63, 3.8) is 0 Å². The van der Waals surface area contributed by atoms with Gasteiger partial charge in [0.1, 0.15) is 5.75 Å². The first-order valence-electron chi connectivity index (χ1n) is 6.13. The third-order valence-electron chi connectivity index (χ3n) is 3.86. The minimum absolute atomic E-state index is 0.109. The van der Waals surface area contributed by atoms with Crippen LogP contribution >= 0.6 is 11.6 Å². The fourth-order valence-electron chi connectivity index (χ4n) is 2.63. The first-order chi connectivity index (χ1) is 8.49. The Labute approximate surface area is 112 Å². The maximum absolute atomic E-state index is 12.3. The van der Waals surface area contributed by atoms with Crippen molar-refractivity contribution in [1.82, 2.24) is 0 Å². The Bertz CT molecular complexity index is 475. The number of ether oxygens (including phenoxy) is 1. The van der Waals surface area contributed by atoms with Crippen molar-refractivity contribution >= 4 is 17.4 Å². The zero-order chi connectivity index (χ0) is 13.3. The zero-order valence-corrected chi connectivity index (χ0v) is 11.5. The lowest BCUT2D eigenvalue weighted by atomic mass is 9.68. The molecule has 1 aromatic carbocycles. The molecule has 98 valence electrons. The van der Waals surface area contributed by atoms with E-state index in [-0.39, 0.29) is 11.8 Å². The molecule has 0 bridgehead atoms. The molecule has 2 atom stereocenters. The standard InChI is InChI=1S/C14H18ClNO2/c1-14(7-3-4-11(16)13(14)17)9-5-6-10(15)12(8-9)18-2/h5-6,8,11H,3-4,7,16H2,1-2H3. The number of Topliss-reactive ketones (excluding diaryl/α,β-unsaturated/α-hetero) is 1. The molecule has 4 heteroatoms. The predicted octanol–water partition coefficient (Wildman–Crippen LogP) is 2.69. The van der Waals surface area contributed by atoms with Crippen molar-refractivity contribution in [2.75, 3.05) is 7.11 Å². The molecule has 1 aromatic rings. The van der Waals surface area contributed by atoms with E-state index < -0.39 is 5.41 Å². The fourth-order valence-corrected chi connectivity index (χ4v) is 2.82. The molecule has 3 nitrogen and oxygen atoms in total. The number of hydrogen-bond donors (Lipinski definition) is 1. The summed E-state index contributed by atoms with van der Waals surface area (Å²) in [4.78, 5) is 12.3. The highest BCUT2D eigenvalue weighted by molar-refractivity contribution is 6.32. The van der Waals surface area contributed by atoms with Gasteiger partial charge in [0.2, 0.25) is 0 Å². The van der Waals surface area contributed by atoms with Gasteiger partial charge < -0.3 is 10.5 Å². The number of carbonyl (C=O) groups excluding carboxylic acids is 1. The summed E-state index contributed by atoms with van der Waals surface area (Å²) < 4.78 is 5.21. The van der Waals surface area contributed by atoms with E-state index in [2.05, 4.69) is 0 Å². The number of hydrogen-bond acceptors (Lipinski definition) is 3. The van der Waals surface area contributed by atoms with Crippen LogP contribution in [0.2, 0.25) is 5.02 Å². The number of carbonyl (C=O) groups is 1. The van der Waals surface area contributed by atoms with Crippen LogP contribution in [-0.2, 0) is 10.2 Å². The lowest BCUT2D eigenvalue weighted by Gasteiger charge is -2.35. The summed E-state index contributed by atoms with van der Waals surface area (Å²) in [7, 11) is 1.57. The smallest absolute Gasteiger partial charge is 0.159 e. The van der Waals surface area contributed by atoms with Crippen molar-refractivity contribution in [1.29, 1.82) is 0 Å². The highest BCUT2D eigenvalue weighted by atomic mass is 35.5. The van der Waals surface area contributed by atoms with Crippen LogP contribution in [0.1, 0.15) is 31.7 Å². The van der Waals surface area contributed by atoms with Crippen LogP contribution in [0.5, 0.6) is 5.75 Å². The molecule has 0 aliphatic heterocycles. The van der Waals surface area contributed by atoms with Crippen molar-refractivity contribution in [2.24, 2.45) is 5.73 Å².